The lowest BCUT2D eigenvalue weighted by Gasteiger charge is -2.14. The number of nitrogens with zero attached hydrogens (tertiary/aromatic N) is 2. The normalized spacial score (nSPS) is 12.4. The average Bonchev–Trinajstić information content (AvgIpc) is 3.27. The molecule has 0 unspecified atom stereocenters. The summed E-state index contributed by atoms with van der Waals surface area (Å²) < 4.78 is 36.0. The first-order valence-corrected chi connectivity index (χ1v) is 11.1. The van der Waals surface area contributed by atoms with Gasteiger partial charge in [0.25, 0.3) is 5.91 Å². The molecule has 0 bridgehead atoms. The predicted molar refractivity (Wildman–Crippen MR) is 116 cm³/mol. The Labute approximate surface area is 186 Å². The number of esters is 1. The summed E-state index contributed by atoms with van der Waals surface area (Å²) in [4.78, 5) is 28.8. The fourth-order valence-corrected chi connectivity index (χ4v) is 3.60. The number of amides is 1. The summed E-state index contributed by atoms with van der Waals surface area (Å²) in [5.74, 6) is -0.415. The first-order valence-electron chi connectivity index (χ1n) is 9.68. The third kappa shape index (κ3) is 5.40. The zero-order chi connectivity index (χ0) is 23.3. The van der Waals surface area contributed by atoms with E-state index in [9.17, 15) is 18.0 Å². The molecule has 9 nitrogen and oxygen atoms in total. The van der Waals surface area contributed by atoms with Crippen LogP contribution in [-0.2, 0) is 26.2 Å². The van der Waals surface area contributed by atoms with E-state index in [1.807, 2.05) is 30.3 Å². The number of benzene rings is 2. The van der Waals surface area contributed by atoms with Crippen molar-refractivity contribution in [2.24, 2.45) is 0 Å². The molecule has 10 heteroatoms. The van der Waals surface area contributed by atoms with Crippen molar-refractivity contribution in [3.8, 4) is 11.3 Å². The zero-order valence-electron chi connectivity index (χ0n) is 17.8. The molecule has 1 heterocycles. The number of rotatable bonds is 8. The SMILES string of the molecule is C[C@H](NC(=O)c1ccc(S(=O)(=O)N(C)C)cc1)C(=O)OCc1ncc(-c2ccccc2)o1. The molecule has 1 N–H and O–H groups in total. The lowest BCUT2D eigenvalue weighted by Crippen LogP contribution is -2.39. The van der Waals surface area contributed by atoms with Crippen molar-refractivity contribution >= 4 is 21.9 Å². The second kappa shape index (κ2) is 9.75. The number of nitrogens with one attached hydrogen (secondary N) is 1. The van der Waals surface area contributed by atoms with Gasteiger partial charge in [0.1, 0.15) is 6.04 Å². The van der Waals surface area contributed by atoms with Gasteiger partial charge in [-0.2, -0.15) is 0 Å². The largest absolute Gasteiger partial charge is 0.454 e. The zero-order valence-corrected chi connectivity index (χ0v) is 18.6. The van der Waals surface area contributed by atoms with E-state index in [1.54, 1.807) is 6.20 Å². The van der Waals surface area contributed by atoms with Crippen LogP contribution in [0.15, 0.2) is 70.1 Å². The van der Waals surface area contributed by atoms with Crippen molar-refractivity contribution in [2.75, 3.05) is 14.1 Å². The van der Waals surface area contributed by atoms with Gasteiger partial charge in [-0.1, -0.05) is 30.3 Å². The van der Waals surface area contributed by atoms with E-state index in [0.717, 1.165) is 9.87 Å². The van der Waals surface area contributed by atoms with Crippen LogP contribution < -0.4 is 5.32 Å². The van der Waals surface area contributed by atoms with Crippen molar-refractivity contribution in [3.05, 3.63) is 72.2 Å². The topological polar surface area (TPSA) is 119 Å². The summed E-state index contributed by atoms with van der Waals surface area (Å²) in [5, 5.41) is 2.52. The van der Waals surface area contributed by atoms with Crippen LogP contribution >= 0.6 is 0 Å². The Balaban J connectivity index is 1.54. The Bertz CT molecular complexity index is 1190. The Hall–Kier alpha value is -3.50. The minimum absolute atomic E-state index is 0.0623. The van der Waals surface area contributed by atoms with E-state index in [2.05, 4.69) is 10.3 Å². The molecule has 0 spiro atoms. The fraction of sp³-hybridized carbons (Fsp3) is 0.227. The number of sulfonamides is 1. The third-order valence-corrected chi connectivity index (χ3v) is 6.38. The van der Waals surface area contributed by atoms with Crippen LogP contribution in [0.2, 0.25) is 0 Å². The molecule has 0 aliphatic carbocycles. The van der Waals surface area contributed by atoms with Gasteiger partial charge in [0, 0.05) is 25.2 Å². The van der Waals surface area contributed by atoms with Gasteiger partial charge in [-0.3, -0.25) is 4.79 Å². The van der Waals surface area contributed by atoms with Crippen molar-refractivity contribution in [2.45, 2.75) is 24.5 Å². The molecule has 0 saturated carbocycles. The number of oxazole rings is 1. The molecule has 0 saturated heterocycles. The molecule has 3 aromatic rings. The Morgan fingerprint density at radius 3 is 2.38 bits per heavy atom. The maximum absolute atomic E-state index is 12.4. The minimum atomic E-state index is -3.59. The van der Waals surface area contributed by atoms with Crippen LogP contribution in [0.5, 0.6) is 0 Å². The van der Waals surface area contributed by atoms with Crippen LogP contribution in [0.25, 0.3) is 11.3 Å². The number of aromatic nitrogens is 1. The lowest BCUT2D eigenvalue weighted by atomic mass is 10.2. The highest BCUT2D eigenvalue weighted by atomic mass is 32.2. The van der Waals surface area contributed by atoms with Crippen molar-refractivity contribution in [1.29, 1.82) is 0 Å². The molecule has 0 aliphatic rings. The summed E-state index contributed by atoms with van der Waals surface area (Å²) >= 11 is 0. The van der Waals surface area contributed by atoms with Crippen LogP contribution in [0.3, 0.4) is 0 Å². The van der Waals surface area contributed by atoms with E-state index < -0.39 is 27.9 Å². The minimum Gasteiger partial charge on any atom is -0.454 e. The fourth-order valence-electron chi connectivity index (χ4n) is 2.70. The molecule has 0 aliphatic heterocycles. The summed E-state index contributed by atoms with van der Waals surface area (Å²) in [5.41, 5.74) is 1.06. The molecule has 1 amide bonds. The summed E-state index contributed by atoms with van der Waals surface area (Å²) in [7, 11) is -0.752. The molecule has 0 radical (unpaired) electrons. The van der Waals surface area contributed by atoms with E-state index in [-0.39, 0.29) is 23.0 Å². The highest BCUT2D eigenvalue weighted by Crippen LogP contribution is 2.20. The second-order valence-electron chi connectivity index (χ2n) is 7.10. The van der Waals surface area contributed by atoms with Crippen molar-refractivity contribution < 1.29 is 27.2 Å². The van der Waals surface area contributed by atoms with Gasteiger partial charge < -0.3 is 14.5 Å². The smallest absolute Gasteiger partial charge is 0.328 e. The molecule has 3 rings (SSSR count). The number of carbonyl (C=O) groups excluding carboxylic acids is 2. The van der Waals surface area contributed by atoms with Gasteiger partial charge in [-0.05, 0) is 31.2 Å². The number of hydrogen-bond acceptors (Lipinski definition) is 7. The molecular formula is C22H23N3O6S. The highest BCUT2D eigenvalue weighted by Gasteiger charge is 2.21. The van der Waals surface area contributed by atoms with Crippen LogP contribution in [0.4, 0.5) is 0 Å². The standard InChI is InChI=1S/C22H23N3O6S/c1-15(24-21(26)17-9-11-18(12-10-17)32(28,29)25(2)3)22(27)30-14-20-23-13-19(31-20)16-7-5-4-6-8-16/h4-13,15H,14H2,1-3H3,(H,24,26)/t15-/m0/s1. The van der Waals surface area contributed by atoms with Crippen LogP contribution in [-0.4, -0.2) is 49.7 Å². The molecule has 1 atom stereocenters. The first-order chi connectivity index (χ1) is 15.2. The van der Waals surface area contributed by atoms with Gasteiger partial charge in [0.15, 0.2) is 12.4 Å². The summed E-state index contributed by atoms with van der Waals surface area (Å²) in [6, 6.07) is 13.9. The second-order valence-corrected chi connectivity index (χ2v) is 9.25. The first kappa shape index (κ1) is 23.2. The Morgan fingerprint density at radius 2 is 1.75 bits per heavy atom. The van der Waals surface area contributed by atoms with E-state index in [1.165, 1.54) is 45.3 Å². The highest BCUT2D eigenvalue weighted by molar-refractivity contribution is 7.89. The average molecular weight is 458 g/mol. The van der Waals surface area contributed by atoms with Gasteiger partial charge in [-0.25, -0.2) is 22.5 Å². The molecule has 0 fully saturated rings. The number of hydrogen-bond donors (Lipinski definition) is 1. The van der Waals surface area contributed by atoms with Gasteiger partial charge in [0.05, 0.1) is 11.1 Å². The maximum atomic E-state index is 12.4. The number of ether oxygens (including phenoxy) is 1. The molecule has 32 heavy (non-hydrogen) atoms. The Morgan fingerprint density at radius 1 is 1.09 bits per heavy atom. The van der Waals surface area contributed by atoms with Gasteiger partial charge in [0.2, 0.25) is 15.9 Å². The van der Waals surface area contributed by atoms with Gasteiger partial charge in [-0.15, -0.1) is 0 Å². The van der Waals surface area contributed by atoms with Crippen LogP contribution in [0.1, 0.15) is 23.2 Å². The van der Waals surface area contributed by atoms with E-state index in [4.69, 9.17) is 9.15 Å². The predicted octanol–water partition coefficient (Wildman–Crippen LogP) is 2.45. The Kier molecular flexibility index (Phi) is 7.06. The van der Waals surface area contributed by atoms with Crippen LogP contribution in [0, 0.1) is 0 Å². The lowest BCUT2D eigenvalue weighted by molar-refractivity contribution is -0.147. The van der Waals surface area contributed by atoms with Crippen molar-refractivity contribution in [1.82, 2.24) is 14.6 Å². The number of carbonyl (C=O) groups is 2. The van der Waals surface area contributed by atoms with E-state index in [0.29, 0.717) is 5.76 Å². The molecular weight excluding hydrogens is 434 g/mol. The maximum Gasteiger partial charge on any atom is 0.328 e. The third-order valence-electron chi connectivity index (χ3n) is 4.55. The molecule has 1 aromatic heterocycles. The molecule has 168 valence electrons. The van der Waals surface area contributed by atoms with E-state index >= 15 is 0 Å². The monoisotopic (exact) mass is 457 g/mol. The van der Waals surface area contributed by atoms with Gasteiger partial charge >= 0.3 is 5.97 Å². The molecule has 2 aromatic carbocycles. The summed E-state index contributed by atoms with van der Waals surface area (Å²) in [6.45, 7) is 1.30. The summed E-state index contributed by atoms with van der Waals surface area (Å²) in [6.07, 6.45) is 1.55. The quantitative estimate of drug-likeness (QED) is 0.516. The van der Waals surface area contributed by atoms with Crippen molar-refractivity contribution in [3.63, 3.8) is 0 Å².